The van der Waals surface area contributed by atoms with E-state index >= 15 is 0 Å². The number of aromatic nitrogens is 2. The molecular formula is C11H16F3N3O. The Morgan fingerprint density at radius 1 is 1.22 bits per heavy atom. The molecule has 1 heterocycles. The maximum absolute atomic E-state index is 12.7. The summed E-state index contributed by atoms with van der Waals surface area (Å²) >= 11 is 0. The summed E-state index contributed by atoms with van der Waals surface area (Å²) < 4.78 is 42.9. The Kier molecular flexibility index (Phi) is 3.35. The van der Waals surface area contributed by atoms with E-state index in [-0.39, 0.29) is 5.92 Å². The maximum Gasteiger partial charge on any atom is 0.415 e. The third-order valence-corrected chi connectivity index (χ3v) is 3.45. The first kappa shape index (κ1) is 13.3. The van der Waals surface area contributed by atoms with Crippen LogP contribution >= 0.6 is 0 Å². The first-order valence-electron chi connectivity index (χ1n) is 6.02. The second-order valence-corrected chi connectivity index (χ2v) is 4.99. The average molecular weight is 263 g/mol. The van der Waals surface area contributed by atoms with Gasteiger partial charge in [0.25, 0.3) is 5.89 Å². The third kappa shape index (κ3) is 2.36. The molecule has 0 amide bonds. The SMILES string of the molecule is CC(N)(c1nc(C2CCCCC2)no1)C(F)(F)F. The highest BCUT2D eigenvalue weighted by Crippen LogP contribution is 2.37. The minimum atomic E-state index is -4.61. The lowest BCUT2D eigenvalue weighted by Gasteiger charge is -2.23. The van der Waals surface area contributed by atoms with Crippen molar-refractivity contribution in [2.45, 2.75) is 56.7 Å². The Hall–Kier alpha value is -1.11. The van der Waals surface area contributed by atoms with Crippen LogP contribution in [0.25, 0.3) is 0 Å². The number of hydrogen-bond acceptors (Lipinski definition) is 4. The van der Waals surface area contributed by atoms with E-state index in [0.29, 0.717) is 5.82 Å². The molecule has 0 spiro atoms. The van der Waals surface area contributed by atoms with Crippen molar-refractivity contribution >= 4 is 0 Å². The third-order valence-electron chi connectivity index (χ3n) is 3.45. The van der Waals surface area contributed by atoms with Crippen molar-refractivity contribution in [3.8, 4) is 0 Å². The Morgan fingerprint density at radius 2 is 1.83 bits per heavy atom. The van der Waals surface area contributed by atoms with Gasteiger partial charge in [0.1, 0.15) is 0 Å². The van der Waals surface area contributed by atoms with E-state index in [4.69, 9.17) is 10.3 Å². The highest BCUT2D eigenvalue weighted by atomic mass is 19.4. The predicted molar refractivity (Wildman–Crippen MR) is 57.7 cm³/mol. The van der Waals surface area contributed by atoms with E-state index in [1.165, 1.54) is 0 Å². The fourth-order valence-corrected chi connectivity index (χ4v) is 2.09. The molecule has 1 atom stereocenters. The van der Waals surface area contributed by atoms with Gasteiger partial charge in [-0.05, 0) is 19.8 Å². The first-order chi connectivity index (χ1) is 8.32. The van der Waals surface area contributed by atoms with E-state index in [2.05, 4.69) is 10.1 Å². The van der Waals surface area contributed by atoms with Gasteiger partial charge in [0.05, 0.1) is 0 Å². The fourth-order valence-electron chi connectivity index (χ4n) is 2.09. The molecule has 1 fully saturated rings. The number of nitrogens with zero attached hydrogens (tertiary/aromatic N) is 2. The average Bonchev–Trinajstić information content (AvgIpc) is 2.78. The van der Waals surface area contributed by atoms with Crippen LogP contribution in [-0.2, 0) is 5.54 Å². The zero-order chi connectivity index (χ0) is 13.4. The van der Waals surface area contributed by atoms with Crippen molar-refractivity contribution < 1.29 is 17.7 Å². The van der Waals surface area contributed by atoms with Crippen LogP contribution in [0, 0.1) is 0 Å². The molecule has 7 heteroatoms. The van der Waals surface area contributed by atoms with Crippen LogP contribution in [0.2, 0.25) is 0 Å². The molecule has 1 aliphatic carbocycles. The van der Waals surface area contributed by atoms with Crippen molar-refractivity contribution in [3.05, 3.63) is 11.7 Å². The van der Waals surface area contributed by atoms with Gasteiger partial charge in [-0.1, -0.05) is 24.4 Å². The molecule has 2 rings (SSSR count). The lowest BCUT2D eigenvalue weighted by molar-refractivity contribution is -0.190. The molecule has 102 valence electrons. The molecule has 18 heavy (non-hydrogen) atoms. The molecule has 1 aromatic rings. The Bertz CT molecular complexity index is 408. The van der Waals surface area contributed by atoms with Gasteiger partial charge >= 0.3 is 6.18 Å². The molecule has 1 aliphatic rings. The Morgan fingerprint density at radius 3 is 2.39 bits per heavy atom. The molecule has 0 aliphatic heterocycles. The number of rotatable bonds is 2. The van der Waals surface area contributed by atoms with Crippen LogP contribution in [0.5, 0.6) is 0 Å². The molecule has 1 unspecified atom stereocenters. The summed E-state index contributed by atoms with van der Waals surface area (Å²) in [5.74, 6) is -0.110. The van der Waals surface area contributed by atoms with Gasteiger partial charge in [0, 0.05) is 5.92 Å². The van der Waals surface area contributed by atoms with E-state index in [9.17, 15) is 13.2 Å². The standard InChI is InChI=1S/C11H16F3N3O/c1-10(15,11(12,13)14)9-16-8(17-18-9)7-5-3-2-4-6-7/h7H,2-6,15H2,1H3. The molecular weight excluding hydrogens is 247 g/mol. The quantitative estimate of drug-likeness (QED) is 0.891. The van der Waals surface area contributed by atoms with Crippen LogP contribution in [-0.4, -0.2) is 16.3 Å². The predicted octanol–water partition coefficient (Wildman–Crippen LogP) is 2.85. The van der Waals surface area contributed by atoms with Gasteiger partial charge in [-0.3, -0.25) is 0 Å². The number of halogens is 3. The van der Waals surface area contributed by atoms with Gasteiger partial charge in [0.15, 0.2) is 11.4 Å². The van der Waals surface area contributed by atoms with Gasteiger partial charge < -0.3 is 10.3 Å². The minimum absolute atomic E-state index is 0.0975. The minimum Gasteiger partial charge on any atom is -0.337 e. The summed E-state index contributed by atoms with van der Waals surface area (Å²) in [6.45, 7) is 0.838. The van der Waals surface area contributed by atoms with Crippen molar-refractivity contribution in [2.24, 2.45) is 5.73 Å². The molecule has 1 saturated carbocycles. The molecule has 0 saturated heterocycles. The van der Waals surface area contributed by atoms with Crippen molar-refractivity contribution in [2.75, 3.05) is 0 Å². The van der Waals surface area contributed by atoms with Crippen LogP contribution in [0.3, 0.4) is 0 Å². The topological polar surface area (TPSA) is 64.9 Å². The van der Waals surface area contributed by atoms with Crippen molar-refractivity contribution in [1.82, 2.24) is 10.1 Å². The normalized spacial score (nSPS) is 21.8. The summed E-state index contributed by atoms with van der Waals surface area (Å²) in [4.78, 5) is 3.85. The summed E-state index contributed by atoms with van der Waals surface area (Å²) in [7, 11) is 0. The summed E-state index contributed by atoms with van der Waals surface area (Å²) in [5, 5.41) is 3.65. The smallest absolute Gasteiger partial charge is 0.337 e. The second kappa shape index (κ2) is 4.53. The highest BCUT2D eigenvalue weighted by molar-refractivity contribution is 5.06. The lowest BCUT2D eigenvalue weighted by atomic mass is 9.89. The largest absolute Gasteiger partial charge is 0.415 e. The second-order valence-electron chi connectivity index (χ2n) is 4.99. The zero-order valence-electron chi connectivity index (χ0n) is 10.1. The molecule has 4 nitrogen and oxygen atoms in total. The van der Waals surface area contributed by atoms with Gasteiger partial charge in [-0.25, -0.2) is 0 Å². The summed E-state index contributed by atoms with van der Waals surface area (Å²) in [6.07, 6.45) is 0.432. The van der Waals surface area contributed by atoms with E-state index in [1.807, 2.05) is 0 Å². The summed E-state index contributed by atoms with van der Waals surface area (Å²) in [5.41, 5.74) is 2.65. The van der Waals surface area contributed by atoms with Gasteiger partial charge in [-0.2, -0.15) is 18.2 Å². The molecule has 2 N–H and O–H groups in total. The van der Waals surface area contributed by atoms with Gasteiger partial charge in [-0.15, -0.1) is 0 Å². The highest BCUT2D eigenvalue weighted by Gasteiger charge is 2.53. The molecule has 0 radical (unpaired) electrons. The Labute approximate surface area is 103 Å². The number of hydrogen-bond donors (Lipinski definition) is 1. The maximum atomic E-state index is 12.7. The lowest BCUT2D eigenvalue weighted by Crippen LogP contribution is -2.48. The van der Waals surface area contributed by atoms with Crippen LogP contribution in [0.1, 0.15) is 56.7 Å². The van der Waals surface area contributed by atoms with Gasteiger partial charge in [0.2, 0.25) is 0 Å². The van der Waals surface area contributed by atoms with E-state index in [0.717, 1.165) is 39.0 Å². The number of nitrogens with two attached hydrogens (primary N) is 1. The van der Waals surface area contributed by atoms with Crippen LogP contribution in [0.4, 0.5) is 13.2 Å². The van der Waals surface area contributed by atoms with E-state index < -0.39 is 17.6 Å². The first-order valence-corrected chi connectivity index (χ1v) is 6.02. The number of alkyl halides is 3. The zero-order valence-corrected chi connectivity index (χ0v) is 10.1. The molecule has 0 aromatic carbocycles. The molecule has 1 aromatic heterocycles. The van der Waals surface area contributed by atoms with E-state index in [1.54, 1.807) is 0 Å². The monoisotopic (exact) mass is 263 g/mol. The molecule has 0 bridgehead atoms. The summed E-state index contributed by atoms with van der Waals surface area (Å²) in [6, 6.07) is 0. The Balaban J connectivity index is 2.19. The fraction of sp³-hybridized carbons (Fsp3) is 0.818. The van der Waals surface area contributed by atoms with Crippen LogP contribution < -0.4 is 5.73 Å². The van der Waals surface area contributed by atoms with Crippen molar-refractivity contribution in [1.29, 1.82) is 0 Å². The van der Waals surface area contributed by atoms with Crippen LogP contribution in [0.15, 0.2) is 4.52 Å². The van der Waals surface area contributed by atoms with Crippen molar-refractivity contribution in [3.63, 3.8) is 0 Å².